The maximum absolute atomic E-state index is 12.3. The van der Waals surface area contributed by atoms with Crippen LogP contribution >= 0.6 is 0 Å². The van der Waals surface area contributed by atoms with Crippen molar-refractivity contribution < 1.29 is 9.59 Å². The minimum Gasteiger partial charge on any atom is -0.353 e. The smallest absolute Gasteiger partial charge is 0.225 e. The van der Waals surface area contributed by atoms with E-state index in [-0.39, 0.29) is 23.8 Å². The van der Waals surface area contributed by atoms with Crippen LogP contribution in [-0.2, 0) is 16.1 Å². The van der Waals surface area contributed by atoms with Gasteiger partial charge in [-0.15, -0.1) is 0 Å². The van der Waals surface area contributed by atoms with Gasteiger partial charge in [-0.05, 0) is 31.5 Å². The molecule has 2 amide bonds. The molecule has 1 aromatic carbocycles. The molecule has 0 radical (unpaired) electrons. The summed E-state index contributed by atoms with van der Waals surface area (Å²) in [6, 6.07) is 10.2. The fraction of sp³-hybridized carbons (Fsp3) is 0.529. The zero-order valence-electron chi connectivity index (χ0n) is 12.8. The van der Waals surface area contributed by atoms with Crippen LogP contribution in [-0.4, -0.2) is 42.4 Å². The molecule has 118 valence electrons. The second kappa shape index (κ2) is 6.92. The maximum Gasteiger partial charge on any atom is 0.225 e. The van der Waals surface area contributed by atoms with E-state index in [4.69, 9.17) is 0 Å². The average Bonchev–Trinajstić information content (AvgIpc) is 2.90. The third kappa shape index (κ3) is 3.65. The Balaban J connectivity index is 1.53. The van der Waals surface area contributed by atoms with Crippen molar-refractivity contribution in [3.63, 3.8) is 0 Å². The molecule has 5 nitrogen and oxygen atoms in total. The molecule has 2 N–H and O–H groups in total. The zero-order valence-corrected chi connectivity index (χ0v) is 12.8. The number of carbonyl (C=O) groups is 2. The molecule has 2 aliphatic rings. The van der Waals surface area contributed by atoms with Crippen molar-refractivity contribution in [1.29, 1.82) is 0 Å². The van der Waals surface area contributed by atoms with E-state index in [0.29, 0.717) is 19.5 Å². The standard InChI is InChI=1S/C17H23N3O2/c21-16-10-14(17(22)19-15-6-8-18-9-7-15)12-20(16)11-13-4-2-1-3-5-13/h1-5,14-15,18H,6-12H2,(H,19,22). The van der Waals surface area contributed by atoms with Crippen molar-refractivity contribution >= 4 is 11.8 Å². The Hall–Kier alpha value is -1.88. The number of rotatable bonds is 4. The monoisotopic (exact) mass is 301 g/mol. The molecule has 1 aromatic rings. The summed E-state index contributed by atoms with van der Waals surface area (Å²) in [4.78, 5) is 26.3. The van der Waals surface area contributed by atoms with Crippen LogP contribution in [0, 0.1) is 5.92 Å². The average molecular weight is 301 g/mol. The molecule has 0 aromatic heterocycles. The topological polar surface area (TPSA) is 61.4 Å². The quantitative estimate of drug-likeness (QED) is 0.869. The van der Waals surface area contributed by atoms with E-state index in [2.05, 4.69) is 10.6 Å². The first-order valence-corrected chi connectivity index (χ1v) is 8.05. The summed E-state index contributed by atoms with van der Waals surface area (Å²) in [5, 5.41) is 6.39. The number of benzene rings is 1. The lowest BCUT2D eigenvalue weighted by molar-refractivity contribution is -0.129. The Kier molecular flexibility index (Phi) is 4.73. The van der Waals surface area contributed by atoms with Gasteiger partial charge in [-0.2, -0.15) is 0 Å². The van der Waals surface area contributed by atoms with Crippen molar-refractivity contribution in [2.24, 2.45) is 5.92 Å². The summed E-state index contributed by atoms with van der Waals surface area (Å²) >= 11 is 0. The van der Waals surface area contributed by atoms with E-state index in [1.54, 1.807) is 4.90 Å². The molecule has 2 fully saturated rings. The maximum atomic E-state index is 12.3. The molecule has 2 heterocycles. The van der Waals surface area contributed by atoms with Gasteiger partial charge in [0.1, 0.15) is 0 Å². The zero-order chi connectivity index (χ0) is 15.4. The molecule has 22 heavy (non-hydrogen) atoms. The van der Waals surface area contributed by atoms with Crippen LogP contribution in [0.15, 0.2) is 30.3 Å². The molecular formula is C17H23N3O2. The second-order valence-corrected chi connectivity index (χ2v) is 6.19. The number of nitrogens with zero attached hydrogens (tertiary/aromatic N) is 1. The molecule has 0 bridgehead atoms. The SMILES string of the molecule is O=C(NC1CCNCC1)C1CC(=O)N(Cc2ccccc2)C1. The predicted octanol–water partition coefficient (Wildman–Crippen LogP) is 0.903. The molecule has 0 aliphatic carbocycles. The van der Waals surface area contributed by atoms with Crippen molar-refractivity contribution in [3.8, 4) is 0 Å². The van der Waals surface area contributed by atoms with Gasteiger partial charge in [0.15, 0.2) is 0 Å². The number of nitrogens with one attached hydrogen (secondary N) is 2. The lowest BCUT2D eigenvalue weighted by Crippen LogP contribution is -2.45. The van der Waals surface area contributed by atoms with Crippen molar-refractivity contribution in [1.82, 2.24) is 15.5 Å². The predicted molar refractivity (Wildman–Crippen MR) is 84.0 cm³/mol. The van der Waals surface area contributed by atoms with Crippen LogP contribution in [0.4, 0.5) is 0 Å². The van der Waals surface area contributed by atoms with Crippen LogP contribution in [0.3, 0.4) is 0 Å². The highest BCUT2D eigenvalue weighted by Crippen LogP contribution is 2.21. The molecular weight excluding hydrogens is 278 g/mol. The van der Waals surface area contributed by atoms with Gasteiger partial charge in [0.05, 0.1) is 5.92 Å². The van der Waals surface area contributed by atoms with Crippen LogP contribution in [0.1, 0.15) is 24.8 Å². The Labute approximate surface area is 131 Å². The van der Waals surface area contributed by atoms with Gasteiger partial charge in [0.25, 0.3) is 0 Å². The third-order valence-corrected chi connectivity index (χ3v) is 4.49. The molecule has 2 saturated heterocycles. The highest BCUT2D eigenvalue weighted by atomic mass is 16.2. The Morgan fingerprint density at radius 3 is 2.68 bits per heavy atom. The summed E-state index contributed by atoms with van der Waals surface area (Å²) < 4.78 is 0. The molecule has 2 aliphatic heterocycles. The number of hydrogen-bond donors (Lipinski definition) is 2. The summed E-state index contributed by atoms with van der Waals surface area (Å²) in [5.41, 5.74) is 1.11. The number of likely N-dealkylation sites (tertiary alicyclic amines) is 1. The van der Waals surface area contributed by atoms with Gasteiger partial charge >= 0.3 is 0 Å². The highest BCUT2D eigenvalue weighted by molar-refractivity contribution is 5.89. The summed E-state index contributed by atoms with van der Waals surface area (Å²) in [6.07, 6.45) is 2.28. The number of amides is 2. The fourth-order valence-electron chi connectivity index (χ4n) is 3.19. The van der Waals surface area contributed by atoms with Crippen molar-refractivity contribution in [2.45, 2.75) is 31.8 Å². The van der Waals surface area contributed by atoms with Gasteiger partial charge in [-0.25, -0.2) is 0 Å². The molecule has 3 rings (SSSR count). The first-order valence-electron chi connectivity index (χ1n) is 8.05. The Morgan fingerprint density at radius 1 is 1.23 bits per heavy atom. The minimum atomic E-state index is -0.203. The van der Waals surface area contributed by atoms with Crippen LogP contribution in [0.5, 0.6) is 0 Å². The van der Waals surface area contributed by atoms with Gasteiger partial charge in [-0.3, -0.25) is 9.59 Å². The lowest BCUT2D eigenvalue weighted by atomic mass is 10.0. The Morgan fingerprint density at radius 2 is 1.95 bits per heavy atom. The molecule has 1 unspecified atom stereocenters. The van der Waals surface area contributed by atoms with E-state index in [1.807, 2.05) is 30.3 Å². The summed E-state index contributed by atoms with van der Waals surface area (Å²) in [5.74, 6) is -0.0868. The fourth-order valence-corrected chi connectivity index (χ4v) is 3.19. The first kappa shape index (κ1) is 15.0. The van der Waals surface area contributed by atoms with Gasteiger partial charge in [-0.1, -0.05) is 30.3 Å². The van der Waals surface area contributed by atoms with E-state index in [0.717, 1.165) is 31.5 Å². The normalized spacial score (nSPS) is 22.8. The van der Waals surface area contributed by atoms with Crippen LogP contribution in [0.2, 0.25) is 0 Å². The highest BCUT2D eigenvalue weighted by Gasteiger charge is 2.34. The summed E-state index contributed by atoms with van der Waals surface area (Å²) in [7, 11) is 0. The van der Waals surface area contributed by atoms with E-state index in [1.165, 1.54) is 0 Å². The second-order valence-electron chi connectivity index (χ2n) is 6.19. The number of hydrogen-bond acceptors (Lipinski definition) is 3. The van der Waals surface area contributed by atoms with E-state index in [9.17, 15) is 9.59 Å². The molecule has 5 heteroatoms. The number of carbonyl (C=O) groups excluding carboxylic acids is 2. The largest absolute Gasteiger partial charge is 0.353 e. The van der Waals surface area contributed by atoms with E-state index < -0.39 is 0 Å². The molecule has 0 spiro atoms. The lowest BCUT2D eigenvalue weighted by Gasteiger charge is -2.25. The van der Waals surface area contributed by atoms with Crippen molar-refractivity contribution in [2.75, 3.05) is 19.6 Å². The molecule has 1 atom stereocenters. The van der Waals surface area contributed by atoms with Crippen LogP contribution < -0.4 is 10.6 Å². The minimum absolute atomic E-state index is 0.0378. The molecule has 0 saturated carbocycles. The van der Waals surface area contributed by atoms with Gasteiger partial charge in [0.2, 0.25) is 11.8 Å². The van der Waals surface area contributed by atoms with Gasteiger partial charge in [0, 0.05) is 25.6 Å². The van der Waals surface area contributed by atoms with E-state index >= 15 is 0 Å². The number of piperidine rings is 1. The van der Waals surface area contributed by atoms with Crippen molar-refractivity contribution in [3.05, 3.63) is 35.9 Å². The Bertz CT molecular complexity index is 526. The first-order chi connectivity index (χ1) is 10.7. The third-order valence-electron chi connectivity index (χ3n) is 4.49. The summed E-state index contributed by atoms with van der Waals surface area (Å²) in [6.45, 7) is 3.03. The van der Waals surface area contributed by atoms with Gasteiger partial charge < -0.3 is 15.5 Å². The van der Waals surface area contributed by atoms with Crippen LogP contribution in [0.25, 0.3) is 0 Å².